The van der Waals surface area contributed by atoms with Gasteiger partial charge in [-0.1, -0.05) is 0 Å². The summed E-state index contributed by atoms with van der Waals surface area (Å²) in [5.74, 6) is 0.161. The molecule has 34 heavy (non-hydrogen) atoms. The molecule has 1 aliphatic heterocycles. The lowest BCUT2D eigenvalue weighted by atomic mass is 9.69. The first-order valence-corrected chi connectivity index (χ1v) is 11.3. The SMILES string of the molecule is CC(C)(C)OC(=O)NC(C)(C)c1cc(O[C@@H]2CC3C2CN3C(=O)O)nc(-c2ccc(F)cc2)c1. The molecule has 0 radical (unpaired) electrons. The number of carbonyl (C=O) groups is 2. The van der Waals surface area contributed by atoms with E-state index in [1.165, 1.54) is 17.0 Å². The van der Waals surface area contributed by atoms with Crippen LogP contribution in [-0.4, -0.2) is 51.5 Å². The zero-order valence-corrected chi connectivity index (χ0v) is 20.0. The summed E-state index contributed by atoms with van der Waals surface area (Å²) in [5.41, 5.74) is 0.548. The Hall–Kier alpha value is -3.36. The second-order valence-corrected chi connectivity index (χ2v) is 10.4. The minimum absolute atomic E-state index is 0.00692. The van der Waals surface area contributed by atoms with E-state index in [2.05, 4.69) is 10.3 Å². The number of nitrogens with one attached hydrogen (secondary N) is 1. The van der Waals surface area contributed by atoms with Gasteiger partial charge in [-0.3, -0.25) is 0 Å². The number of nitrogens with zero attached hydrogens (tertiary/aromatic N) is 2. The Kier molecular flexibility index (Phi) is 5.91. The third-order valence-electron chi connectivity index (χ3n) is 6.25. The second kappa shape index (κ2) is 8.45. The summed E-state index contributed by atoms with van der Waals surface area (Å²) >= 11 is 0. The van der Waals surface area contributed by atoms with Gasteiger partial charge < -0.3 is 24.8 Å². The van der Waals surface area contributed by atoms with Gasteiger partial charge in [0.15, 0.2) is 0 Å². The molecule has 2 N–H and O–H groups in total. The smallest absolute Gasteiger partial charge is 0.408 e. The third-order valence-corrected chi connectivity index (χ3v) is 6.25. The van der Waals surface area contributed by atoms with Crippen LogP contribution in [0.2, 0.25) is 0 Å². The van der Waals surface area contributed by atoms with Crippen LogP contribution >= 0.6 is 0 Å². The van der Waals surface area contributed by atoms with E-state index in [-0.39, 0.29) is 23.9 Å². The average Bonchev–Trinajstić information content (AvgIpc) is 2.69. The van der Waals surface area contributed by atoms with Gasteiger partial charge in [-0.2, -0.15) is 0 Å². The molecule has 182 valence electrons. The number of amides is 2. The van der Waals surface area contributed by atoms with Crippen molar-refractivity contribution in [2.45, 2.75) is 64.3 Å². The van der Waals surface area contributed by atoms with Crippen LogP contribution in [0.3, 0.4) is 0 Å². The van der Waals surface area contributed by atoms with Crippen LogP contribution in [-0.2, 0) is 10.3 Å². The van der Waals surface area contributed by atoms with Gasteiger partial charge in [0.1, 0.15) is 17.5 Å². The van der Waals surface area contributed by atoms with E-state index in [0.717, 1.165) is 5.56 Å². The molecule has 0 bridgehead atoms. The summed E-state index contributed by atoms with van der Waals surface area (Å²) in [7, 11) is 0. The van der Waals surface area contributed by atoms with Crippen molar-refractivity contribution in [3.63, 3.8) is 0 Å². The number of rotatable bonds is 5. The van der Waals surface area contributed by atoms with Crippen LogP contribution in [0, 0.1) is 11.7 Å². The van der Waals surface area contributed by atoms with Gasteiger partial charge in [0.25, 0.3) is 0 Å². The Balaban J connectivity index is 1.59. The Morgan fingerprint density at radius 3 is 2.38 bits per heavy atom. The molecule has 2 unspecified atom stereocenters. The Labute approximate surface area is 198 Å². The molecule has 8 nitrogen and oxygen atoms in total. The third kappa shape index (κ3) is 4.93. The van der Waals surface area contributed by atoms with Gasteiger partial charge in [-0.25, -0.2) is 19.0 Å². The molecule has 1 aromatic heterocycles. The first-order valence-electron chi connectivity index (χ1n) is 11.3. The summed E-state index contributed by atoms with van der Waals surface area (Å²) in [6, 6.07) is 9.58. The van der Waals surface area contributed by atoms with Crippen molar-refractivity contribution >= 4 is 12.2 Å². The van der Waals surface area contributed by atoms with Crippen molar-refractivity contribution in [3.05, 3.63) is 47.8 Å². The van der Waals surface area contributed by atoms with Crippen molar-refractivity contribution in [1.82, 2.24) is 15.2 Å². The van der Waals surface area contributed by atoms with Crippen LogP contribution < -0.4 is 10.1 Å². The molecule has 1 aliphatic carbocycles. The normalized spacial score (nSPS) is 21.6. The lowest BCUT2D eigenvalue weighted by Gasteiger charge is -2.57. The molecule has 2 heterocycles. The number of carbonyl (C=O) groups excluding carboxylic acids is 1. The van der Waals surface area contributed by atoms with E-state index < -0.39 is 23.3 Å². The van der Waals surface area contributed by atoms with Gasteiger partial charge in [0.05, 0.1) is 11.2 Å². The van der Waals surface area contributed by atoms with E-state index in [0.29, 0.717) is 30.1 Å². The number of aromatic nitrogens is 1. The second-order valence-electron chi connectivity index (χ2n) is 10.4. The van der Waals surface area contributed by atoms with Gasteiger partial charge >= 0.3 is 12.2 Å². The number of pyridine rings is 1. The van der Waals surface area contributed by atoms with Crippen molar-refractivity contribution < 1.29 is 28.6 Å². The van der Waals surface area contributed by atoms with E-state index in [9.17, 15) is 19.1 Å². The van der Waals surface area contributed by atoms with Crippen LogP contribution in [0.15, 0.2) is 36.4 Å². The Morgan fingerprint density at radius 2 is 1.82 bits per heavy atom. The number of hydrogen-bond acceptors (Lipinski definition) is 5. The average molecular weight is 472 g/mol. The fraction of sp³-hybridized carbons (Fsp3) is 0.480. The standard InChI is InChI=1S/C25H30FN3O5/c1-24(2,3)34-22(30)28-25(4,5)15-10-18(14-6-8-16(26)9-7-14)27-21(11-15)33-20-12-19-17(20)13-29(19)23(31)32/h6-11,17,19-20H,12-13H2,1-5H3,(H,28,30)(H,31,32)/t17?,19?,20-/m1/s1. The van der Waals surface area contributed by atoms with Crippen molar-refractivity contribution in [1.29, 1.82) is 0 Å². The summed E-state index contributed by atoms with van der Waals surface area (Å²) in [6.07, 6.45) is -0.987. The maximum Gasteiger partial charge on any atom is 0.408 e. The molecular weight excluding hydrogens is 441 g/mol. The predicted molar refractivity (Wildman–Crippen MR) is 123 cm³/mol. The number of benzene rings is 1. The highest BCUT2D eigenvalue weighted by atomic mass is 19.1. The summed E-state index contributed by atoms with van der Waals surface area (Å²) in [4.78, 5) is 29.7. The molecule has 9 heteroatoms. The molecule has 1 saturated carbocycles. The minimum atomic E-state index is -0.909. The molecule has 1 saturated heterocycles. The van der Waals surface area contributed by atoms with Crippen molar-refractivity contribution in [2.24, 2.45) is 5.92 Å². The van der Waals surface area contributed by atoms with Crippen LogP contribution in [0.5, 0.6) is 5.88 Å². The van der Waals surface area contributed by atoms with Crippen LogP contribution in [0.4, 0.5) is 14.0 Å². The summed E-state index contributed by atoms with van der Waals surface area (Å²) in [5, 5.41) is 12.1. The Bertz CT molecular complexity index is 1100. The number of hydrogen-bond donors (Lipinski definition) is 2. The van der Waals surface area contributed by atoms with Gasteiger partial charge in [0.2, 0.25) is 5.88 Å². The first-order chi connectivity index (χ1) is 15.8. The number of ether oxygens (including phenoxy) is 2. The lowest BCUT2D eigenvalue weighted by Crippen LogP contribution is -2.71. The molecule has 4 rings (SSSR count). The highest BCUT2D eigenvalue weighted by molar-refractivity contribution is 5.70. The topological polar surface area (TPSA) is 101 Å². The quantitative estimate of drug-likeness (QED) is 0.651. The maximum atomic E-state index is 13.5. The molecule has 3 atom stereocenters. The molecule has 2 fully saturated rings. The molecular formula is C25H30FN3O5. The lowest BCUT2D eigenvalue weighted by molar-refractivity contribution is -0.123. The summed E-state index contributed by atoms with van der Waals surface area (Å²) < 4.78 is 25.1. The van der Waals surface area contributed by atoms with Gasteiger partial charge in [-0.05, 0) is 70.5 Å². The highest BCUT2D eigenvalue weighted by Gasteiger charge is 2.56. The van der Waals surface area contributed by atoms with E-state index in [4.69, 9.17) is 9.47 Å². The number of alkyl carbamates (subject to hydrolysis) is 1. The largest absolute Gasteiger partial charge is 0.474 e. The zero-order chi connectivity index (χ0) is 24.8. The molecule has 2 amide bonds. The van der Waals surface area contributed by atoms with Crippen LogP contribution in [0.1, 0.15) is 46.6 Å². The minimum Gasteiger partial charge on any atom is -0.474 e. The number of halogens is 1. The maximum absolute atomic E-state index is 13.5. The van der Waals surface area contributed by atoms with Gasteiger partial charge in [-0.15, -0.1) is 0 Å². The molecule has 2 aliphatic rings. The monoisotopic (exact) mass is 471 g/mol. The fourth-order valence-electron chi connectivity index (χ4n) is 4.30. The van der Waals surface area contributed by atoms with E-state index in [1.54, 1.807) is 39.0 Å². The predicted octanol–water partition coefficient (Wildman–Crippen LogP) is 4.78. The van der Waals surface area contributed by atoms with Crippen molar-refractivity contribution in [3.8, 4) is 17.1 Å². The molecule has 1 aromatic carbocycles. The first kappa shape index (κ1) is 23.8. The Morgan fingerprint density at radius 1 is 1.15 bits per heavy atom. The van der Waals surface area contributed by atoms with Crippen molar-refractivity contribution in [2.75, 3.05) is 6.54 Å². The van der Waals surface area contributed by atoms with Crippen LogP contribution in [0.25, 0.3) is 11.3 Å². The fourth-order valence-corrected chi connectivity index (χ4v) is 4.30. The molecule has 0 spiro atoms. The number of likely N-dealkylation sites (tertiary alicyclic amines) is 1. The number of carboxylic acid groups (broad SMARTS) is 1. The zero-order valence-electron chi connectivity index (χ0n) is 20.0. The molecule has 2 aromatic rings. The number of piperidine rings is 1. The van der Waals surface area contributed by atoms with Gasteiger partial charge in [0, 0.05) is 36.6 Å². The van der Waals surface area contributed by atoms with E-state index >= 15 is 0 Å². The van der Waals surface area contributed by atoms with E-state index in [1.807, 2.05) is 19.9 Å². The number of fused-ring (bicyclic) bond motifs is 1. The summed E-state index contributed by atoms with van der Waals surface area (Å²) in [6.45, 7) is 9.52. The highest BCUT2D eigenvalue weighted by Crippen LogP contribution is 2.44.